The lowest BCUT2D eigenvalue weighted by Crippen LogP contribution is -2.22. The Kier molecular flexibility index (Phi) is 4.25. The fourth-order valence-corrected chi connectivity index (χ4v) is 3.47. The highest BCUT2D eigenvalue weighted by Gasteiger charge is 2.21. The maximum absolute atomic E-state index is 5.68. The Morgan fingerprint density at radius 2 is 2.11 bits per heavy atom. The van der Waals surface area contributed by atoms with Crippen molar-refractivity contribution in [1.29, 1.82) is 0 Å². The topological polar surface area (TPSA) is 25.2 Å². The summed E-state index contributed by atoms with van der Waals surface area (Å²) < 4.78 is 5.68. The number of hydrogen-bond acceptors (Lipinski definition) is 3. The Labute approximate surface area is 113 Å². The normalized spacial score (nSPS) is 12.9. The van der Waals surface area contributed by atoms with Gasteiger partial charge < -0.3 is 9.73 Å². The molecule has 2 rings (SSSR count). The van der Waals surface area contributed by atoms with Crippen LogP contribution in [0.4, 0.5) is 0 Å². The van der Waals surface area contributed by atoms with Crippen LogP contribution >= 0.6 is 11.3 Å². The molecule has 0 saturated heterocycles. The lowest BCUT2D eigenvalue weighted by molar-refractivity contribution is 0.495. The Bertz CT molecular complexity index is 512. The minimum atomic E-state index is 0.266. The van der Waals surface area contributed by atoms with Gasteiger partial charge >= 0.3 is 0 Å². The highest BCUT2D eigenvalue weighted by molar-refractivity contribution is 7.10. The predicted molar refractivity (Wildman–Crippen MR) is 77.4 cm³/mol. The zero-order valence-electron chi connectivity index (χ0n) is 11.5. The highest BCUT2D eigenvalue weighted by atomic mass is 32.1. The predicted octanol–water partition coefficient (Wildman–Crippen LogP) is 4.22. The van der Waals surface area contributed by atoms with E-state index < -0.39 is 0 Å². The molecular formula is C15H21NOS. The van der Waals surface area contributed by atoms with Gasteiger partial charge in [-0.05, 0) is 49.9 Å². The summed E-state index contributed by atoms with van der Waals surface area (Å²) in [5, 5.41) is 5.76. The fraction of sp³-hybridized carbons (Fsp3) is 0.467. The maximum atomic E-state index is 5.68. The molecular weight excluding hydrogens is 242 g/mol. The van der Waals surface area contributed by atoms with Crippen LogP contribution in [0.3, 0.4) is 0 Å². The van der Waals surface area contributed by atoms with Crippen LogP contribution in [0.5, 0.6) is 0 Å². The largest absolute Gasteiger partial charge is 0.466 e. The van der Waals surface area contributed by atoms with Gasteiger partial charge in [-0.15, -0.1) is 11.3 Å². The average Bonchev–Trinajstić information content (AvgIpc) is 2.92. The zero-order valence-corrected chi connectivity index (χ0v) is 12.4. The first-order valence-corrected chi connectivity index (χ1v) is 7.41. The SMILES string of the molecule is CCNC(c1cc(C)oc1C)c1sccc1CC. The van der Waals surface area contributed by atoms with E-state index in [4.69, 9.17) is 4.42 Å². The first kappa shape index (κ1) is 13.4. The second-order valence-electron chi connectivity index (χ2n) is 4.52. The van der Waals surface area contributed by atoms with Gasteiger partial charge in [0.15, 0.2) is 0 Å². The van der Waals surface area contributed by atoms with Crippen LogP contribution in [0.2, 0.25) is 0 Å². The molecule has 0 radical (unpaired) electrons. The molecule has 0 amide bonds. The second kappa shape index (κ2) is 5.72. The van der Waals surface area contributed by atoms with Crippen LogP contribution in [0, 0.1) is 13.8 Å². The van der Waals surface area contributed by atoms with Crippen LogP contribution in [-0.2, 0) is 6.42 Å². The molecule has 1 atom stereocenters. The van der Waals surface area contributed by atoms with Gasteiger partial charge in [0.1, 0.15) is 11.5 Å². The minimum Gasteiger partial charge on any atom is -0.466 e. The molecule has 0 aliphatic carbocycles. The molecule has 1 unspecified atom stereocenters. The third-order valence-corrected chi connectivity index (χ3v) is 4.25. The summed E-state index contributed by atoms with van der Waals surface area (Å²) in [7, 11) is 0. The van der Waals surface area contributed by atoms with Gasteiger partial charge in [-0.2, -0.15) is 0 Å². The Hall–Kier alpha value is -1.06. The van der Waals surface area contributed by atoms with E-state index in [2.05, 4.69) is 36.7 Å². The molecule has 0 bridgehead atoms. The van der Waals surface area contributed by atoms with Gasteiger partial charge in [-0.25, -0.2) is 0 Å². The number of hydrogen-bond donors (Lipinski definition) is 1. The molecule has 18 heavy (non-hydrogen) atoms. The number of thiophene rings is 1. The van der Waals surface area contributed by atoms with Crippen LogP contribution in [-0.4, -0.2) is 6.54 Å². The van der Waals surface area contributed by atoms with Crippen molar-refractivity contribution < 1.29 is 4.42 Å². The Balaban J connectivity index is 2.42. The standard InChI is InChI=1S/C15H21NOS/c1-5-12-7-8-18-15(12)14(16-6-2)13-9-10(3)17-11(13)4/h7-9,14,16H,5-6H2,1-4H3. The Morgan fingerprint density at radius 1 is 1.33 bits per heavy atom. The molecule has 2 nitrogen and oxygen atoms in total. The van der Waals surface area contributed by atoms with E-state index >= 15 is 0 Å². The lowest BCUT2D eigenvalue weighted by Gasteiger charge is -2.17. The van der Waals surface area contributed by atoms with Crippen molar-refractivity contribution in [3.8, 4) is 0 Å². The van der Waals surface area contributed by atoms with E-state index in [1.807, 2.05) is 25.2 Å². The summed E-state index contributed by atoms with van der Waals surface area (Å²) in [5.74, 6) is 2.01. The molecule has 0 spiro atoms. The molecule has 1 N–H and O–H groups in total. The number of nitrogens with one attached hydrogen (secondary N) is 1. The molecule has 2 aromatic rings. The van der Waals surface area contributed by atoms with E-state index in [-0.39, 0.29) is 6.04 Å². The molecule has 3 heteroatoms. The summed E-state index contributed by atoms with van der Waals surface area (Å²) >= 11 is 1.83. The molecule has 0 aliphatic rings. The van der Waals surface area contributed by atoms with Crippen LogP contribution in [0.25, 0.3) is 0 Å². The second-order valence-corrected chi connectivity index (χ2v) is 5.47. The number of rotatable bonds is 5. The molecule has 0 fully saturated rings. The van der Waals surface area contributed by atoms with Gasteiger partial charge in [0.05, 0.1) is 6.04 Å². The monoisotopic (exact) mass is 263 g/mol. The van der Waals surface area contributed by atoms with Crippen molar-refractivity contribution in [2.45, 2.75) is 40.2 Å². The Morgan fingerprint density at radius 3 is 2.67 bits per heavy atom. The van der Waals surface area contributed by atoms with Crippen LogP contribution < -0.4 is 5.32 Å². The fourth-order valence-electron chi connectivity index (χ4n) is 2.38. The number of aryl methyl sites for hydroxylation is 3. The summed E-state index contributed by atoms with van der Waals surface area (Å²) in [5.41, 5.74) is 2.70. The molecule has 2 aromatic heterocycles. The van der Waals surface area contributed by atoms with E-state index in [0.717, 1.165) is 24.5 Å². The van der Waals surface area contributed by atoms with Gasteiger partial charge in [0.25, 0.3) is 0 Å². The highest BCUT2D eigenvalue weighted by Crippen LogP contribution is 2.33. The quantitative estimate of drug-likeness (QED) is 0.873. The molecule has 98 valence electrons. The third kappa shape index (κ3) is 2.52. The molecule has 0 aromatic carbocycles. The van der Waals surface area contributed by atoms with Crippen LogP contribution in [0.1, 0.15) is 47.4 Å². The van der Waals surface area contributed by atoms with E-state index in [9.17, 15) is 0 Å². The van der Waals surface area contributed by atoms with Gasteiger partial charge in [-0.3, -0.25) is 0 Å². The van der Waals surface area contributed by atoms with Gasteiger partial charge in [-0.1, -0.05) is 13.8 Å². The van der Waals surface area contributed by atoms with Gasteiger partial charge in [0, 0.05) is 10.4 Å². The van der Waals surface area contributed by atoms with E-state index in [0.29, 0.717) is 0 Å². The smallest absolute Gasteiger partial charge is 0.106 e. The number of furan rings is 1. The van der Waals surface area contributed by atoms with Crippen molar-refractivity contribution in [2.24, 2.45) is 0 Å². The van der Waals surface area contributed by atoms with Crippen molar-refractivity contribution in [1.82, 2.24) is 5.32 Å². The first-order valence-electron chi connectivity index (χ1n) is 6.53. The lowest BCUT2D eigenvalue weighted by atomic mass is 10.0. The van der Waals surface area contributed by atoms with Crippen molar-refractivity contribution in [3.05, 3.63) is 45.0 Å². The maximum Gasteiger partial charge on any atom is 0.106 e. The third-order valence-electron chi connectivity index (χ3n) is 3.22. The van der Waals surface area contributed by atoms with Gasteiger partial charge in [0.2, 0.25) is 0 Å². The van der Waals surface area contributed by atoms with Crippen molar-refractivity contribution in [3.63, 3.8) is 0 Å². The van der Waals surface area contributed by atoms with Crippen molar-refractivity contribution in [2.75, 3.05) is 6.54 Å². The minimum absolute atomic E-state index is 0.266. The molecule has 2 heterocycles. The van der Waals surface area contributed by atoms with Crippen LogP contribution in [0.15, 0.2) is 21.9 Å². The molecule has 0 saturated carbocycles. The van der Waals surface area contributed by atoms with Crippen molar-refractivity contribution >= 4 is 11.3 Å². The van der Waals surface area contributed by atoms with E-state index in [1.54, 1.807) is 0 Å². The first-order chi connectivity index (χ1) is 8.67. The summed E-state index contributed by atoms with van der Waals surface area (Å²) in [6.07, 6.45) is 1.08. The average molecular weight is 263 g/mol. The van der Waals surface area contributed by atoms with E-state index in [1.165, 1.54) is 16.0 Å². The zero-order chi connectivity index (χ0) is 13.1. The molecule has 0 aliphatic heterocycles. The summed E-state index contributed by atoms with van der Waals surface area (Å²) in [4.78, 5) is 1.42. The summed E-state index contributed by atoms with van der Waals surface area (Å²) in [6.45, 7) is 9.37. The summed E-state index contributed by atoms with van der Waals surface area (Å²) in [6, 6.07) is 4.65.